The molecule has 8 heteroatoms. The van der Waals surface area contributed by atoms with Crippen LogP contribution in [0.2, 0.25) is 0 Å². The highest BCUT2D eigenvalue weighted by Crippen LogP contribution is 2.13. The highest BCUT2D eigenvalue weighted by molar-refractivity contribution is 7.89. The van der Waals surface area contributed by atoms with E-state index in [1.807, 2.05) is 32.0 Å². The van der Waals surface area contributed by atoms with Crippen molar-refractivity contribution in [1.29, 1.82) is 0 Å². The molecule has 0 N–H and O–H groups in total. The molecule has 2 aromatic rings. The molecular weight excluding hydrogens is 366 g/mol. The number of hydrogen-bond acceptors (Lipinski definition) is 4. The van der Waals surface area contributed by atoms with E-state index in [-0.39, 0.29) is 17.3 Å². The molecule has 0 radical (unpaired) electrons. The SMILES string of the molecule is Cc1ccc(CN(C)C(=O)Cn2cc(S(=O)(=O)N(C)C)ccc2=O)c(C)c1. The van der Waals surface area contributed by atoms with Crippen LogP contribution in [-0.2, 0) is 27.9 Å². The first-order chi connectivity index (χ1) is 12.5. The first-order valence-corrected chi connectivity index (χ1v) is 9.89. The zero-order chi connectivity index (χ0) is 20.4. The lowest BCUT2D eigenvalue weighted by atomic mass is 10.1. The molecule has 7 nitrogen and oxygen atoms in total. The van der Waals surface area contributed by atoms with Gasteiger partial charge < -0.3 is 9.47 Å². The number of carbonyl (C=O) groups excluding carboxylic acids is 1. The fraction of sp³-hybridized carbons (Fsp3) is 0.368. The average Bonchev–Trinajstić information content (AvgIpc) is 2.58. The van der Waals surface area contributed by atoms with Crippen LogP contribution < -0.4 is 5.56 Å². The second kappa shape index (κ2) is 8.06. The summed E-state index contributed by atoms with van der Waals surface area (Å²) >= 11 is 0. The predicted molar refractivity (Wildman–Crippen MR) is 104 cm³/mol. The Kier molecular flexibility index (Phi) is 6.22. The number of carbonyl (C=O) groups is 1. The molecule has 1 aromatic heterocycles. The summed E-state index contributed by atoms with van der Waals surface area (Å²) in [5, 5.41) is 0. The molecule has 0 aliphatic rings. The summed E-state index contributed by atoms with van der Waals surface area (Å²) in [6.07, 6.45) is 1.21. The molecule has 1 aromatic carbocycles. The quantitative estimate of drug-likeness (QED) is 0.745. The molecule has 0 aliphatic heterocycles. The summed E-state index contributed by atoms with van der Waals surface area (Å²) in [4.78, 5) is 26.1. The van der Waals surface area contributed by atoms with E-state index in [0.717, 1.165) is 31.6 Å². The molecule has 1 amide bonds. The Morgan fingerprint density at radius 3 is 2.33 bits per heavy atom. The van der Waals surface area contributed by atoms with Crippen molar-refractivity contribution >= 4 is 15.9 Å². The smallest absolute Gasteiger partial charge is 0.251 e. The maximum Gasteiger partial charge on any atom is 0.251 e. The van der Waals surface area contributed by atoms with E-state index in [1.54, 1.807) is 7.05 Å². The summed E-state index contributed by atoms with van der Waals surface area (Å²) in [5.74, 6) is -0.281. The van der Waals surface area contributed by atoms with Crippen LogP contribution in [0, 0.1) is 13.8 Å². The summed E-state index contributed by atoms with van der Waals surface area (Å²) in [5.41, 5.74) is 2.83. The van der Waals surface area contributed by atoms with Crippen molar-refractivity contribution in [2.45, 2.75) is 31.8 Å². The molecule has 0 aliphatic carbocycles. The summed E-state index contributed by atoms with van der Waals surface area (Å²) in [6.45, 7) is 4.18. The van der Waals surface area contributed by atoms with E-state index >= 15 is 0 Å². The van der Waals surface area contributed by atoms with E-state index in [9.17, 15) is 18.0 Å². The molecule has 0 fully saturated rings. The topological polar surface area (TPSA) is 79.7 Å². The van der Waals surface area contributed by atoms with Crippen molar-refractivity contribution in [3.63, 3.8) is 0 Å². The lowest BCUT2D eigenvalue weighted by Crippen LogP contribution is -2.34. The minimum atomic E-state index is -3.68. The van der Waals surface area contributed by atoms with Crippen molar-refractivity contribution in [3.8, 4) is 0 Å². The lowest BCUT2D eigenvalue weighted by Gasteiger charge is -2.20. The van der Waals surface area contributed by atoms with E-state index in [4.69, 9.17) is 0 Å². The number of likely N-dealkylation sites (N-methyl/N-ethyl adjacent to an activating group) is 1. The van der Waals surface area contributed by atoms with Gasteiger partial charge in [-0.1, -0.05) is 23.8 Å². The van der Waals surface area contributed by atoms with E-state index in [1.165, 1.54) is 31.3 Å². The van der Waals surface area contributed by atoms with Gasteiger partial charge in [-0.2, -0.15) is 0 Å². The highest BCUT2D eigenvalue weighted by Gasteiger charge is 2.19. The van der Waals surface area contributed by atoms with Gasteiger partial charge in [0.25, 0.3) is 5.56 Å². The molecule has 146 valence electrons. The Hall–Kier alpha value is -2.45. The maximum atomic E-state index is 12.5. The van der Waals surface area contributed by atoms with Gasteiger partial charge in [0, 0.05) is 40.0 Å². The van der Waals surface area contributed by atoms with Gasteiger partial charge in [-0.15, -0.1) is 0 Å². The summed E-state index contributed by atoms with van der Waals surface area (Å²) in [7, 11) is 0.799. The molecule has 27 heavy (non-hydrogen) atoms. The van der Waals surface area contributed by atoms with Gasteiger partial charge in [0.2, 0.25) is 15.9 Å². The number of nitrogens with zero attached hydrogens (tertiary/aromatic N) is 3. The Labute approximate surface area is 159 Å². The Morgan fingerprint density at radius 2 is 1.74 bits per heavy atom. The van der Waals surface area contributed by atoms with Crippen molar-refractivity contribution in [1.82, 2.24) is 13.8 Å². The van der Waals surface area contributed by atoms with Crippen LogP contribution in [0.4, 0.5) is 0 Å². The van der Waals surface area contributed by atoms with Crippen molar-refractivity contribution in [2.24, 2.45) is 0 Å². The van der Waals surface area contributed by atoms with Crippen LogP contribution in [0.1, 0.15) is 16.7 Å². The third-order valence-corrected chi connectivity index (χ3v) is 6.17. The third kappa shape index (κ3) is 4.84. The van der Waals surface area contributed by atoms with Crippen LogP contribution in [0.3, 0.4) is 0 Å². The predicted octanol–water partition coefficient (Wildman–Crippen LogP) is 1.37. The zero-order valence-corrected chi connectivity index (χ0v) is 17.1. The first kappa shape index (κ1) is 20.9. The number of benzene rings is 1. The molecular formula is C19H25N3O4S. The van der Waals surface area contributed by atoms with Crippen molar-refractivity contribution < 1.29 is 13.2 Å². The molecule has 0 unspecified atom stereocenters. The number of aryl methyl sites for hydroxylation is 2. The van der Waals surface area contributed by atoms with Gasteiger partial charge in [0.05, 0.1) is 4.90 Å². The Balaban J connectivity index is 2.21. The number of amides is 1. The largest absolute Gasteiger partial charge is 0.340 e. The number of sulfonamides is 1. The molecule has 0 atom stereocenters. The summed E-state index contributed by atoms with van der Waals surface area (Å²) < 4.78 is 26.7. The van der Waals surface area contributed by atoms with Crippen LogP contribution in [0.15, 0.2) is 46.2 Å². The van der Waals surface area contributed by atoms with E-state index < -0.39 is 15.6 Å². The molecule has 2 rings (SSSR count). The molecule has 0 spiro atoms. The summed E-state index contributed by atoms with van der Waals surface area (Å²) in [6, 6.07) is 8.42. The van der Waals surface area contributed by atoms with Crippen LogP contribution in [0.5, 0.6) is 0 Å². The monoisotopic (exact) mass is 391 g/mol. The fourth-order valence-corrected chi connectivity index (χ4v) is 3.55. The van der Waals surface area contributed by atoms with E-state index in [2.05, 4.69) is 0 Å². The van der Waals surface area contributed by atoms with Crippen LogP contribution in [-0.4, -0.2) is 49.2 Å². The molecule has 0 saturated heterocycles. The van der Waals surface area contributed by atoms with Gasteiger partial charge in [-0.05, 0) is 31.0 Å². The van der Waals surface area contributed by atoms with Gasteiger partial charge in [0.1, 0.15) is 6.54 Å². The normalized spacial score (nSPS) is 11.6. The second-order valence-corrected chi connectivity index (χ2v) is 8.95. The number of rotatable bonds is 6. The van der Waals surface area contributed by atoms with Crippen molar-refractivity contribution in [2.75, 3.05) is 21.1 Å². The average molecular weight is 391 g/mol. The number of hydrogen-bond donors (Lipinski definition) is 0. The molecule has 1 heterocycles. The Morgan fingerprint density at radius 1 is 1.07 bits per heavy atom. The zero-order valence-electron chi connectivity index (χ0n) is 16.3. The third-order valence-electron chi connectivity index (χ3n) is 4.37. The highest BCUT2D eigenvalue weighted by atomic mass is 32.2. The van der Waals surface area contributed by atoms with Crippen molar-refractivity contribution in [3.05, 3.63) is 63.6 Å². The molecule has 0 saturated carbocycles. The van der Waals surface area contributed by atoms with Gasteiger partial charge in [-0.25, -0.2) is 12.7 Å². The number of aromatic nitrogens is 1. The van der Waals surface area contributed by atoms with Crippen LogP contribution in [0.25, 0.3) is 0 Å². The molecule has 0 bridgehead atoms. The number of pyridine rings is 1. The Bertz CT molecular complexity index is 1010. The standard InChI is InChI=1S/C19H25N3O4S/c1-14-6-7-16(15(2)10-14)11-21(5)19(24)13-22-12-17(8-9-18(22)23)27(25,26)20(3)4/h6-10,12H,11,13H2,1-5H3. The minimum Gasteiger partial charge on any atom is -0.340 e. The van der Waals surface area contributed by atoms with Crippen LogP contribution >= 0.6 is 0 Å². The fourth-order valence-electron chi connectivity index (χ4n) is 2.63. The maximum absolute atomic E-state index is 12.5. The second-order valence-electron chi connectivity index (χ2n) is 6.80. The van der Waals surface area contributed by atoms with E-state index in [0.29, 0.717) is 6.54 Å². The van der Waals surface area contributed by atoms with Gasteiger partial charge in [0.15, 0.2) is 0 Å². The lowest BCUT2D eigenvalue weighted by molar-refractivity contribution is -0.131. The van der Waals surface area contributed by atoms with Gasteiger partial charge >= 0.3 is 0 Å². The van der Waals surface area contributed by atoms with Gasteiger partial charge in [-0.3, -0.25) is 9.59 Å². The minimum absolute atomic E-state index is 0.0306. The first-order valence-electron chi connectivity index (χ1n) is 8.45.